The van der Waals surface area contributed by atoms with E-state index in [0.717, 1.165) is 42.6 Å². The number of ether oxygens (including phenoxy) is 2. The molecule has 6 rings (SSSR count). The number of nitrogens with zero attached hydrogens (tertiary/aromatic N) is 8. The molecular weight excluding hydrogens is 723 g/mol. The Morgan fingerprint density at radius 3 is 2.29 bits per heavy atom. The third-order valence-electron chi connectivity index (χ3n) is 9.41. The first-order chi connectivity index (χ1) is 26.3. The summed E-state index contributed by atoms with van der Waals surface area (Å²) in [5, 5.41) is 29.2. The van der Waals surface area contributed by atoms with Gasteiger partial charge in [-0.2, -0.15) is 15.6 Å². The number of likely N-dealkylation sites (tertiary alicyclic amines) is 1. The summed E-state index contributed by atoms with van der Waals surface area (Å²) >= 11 is 5.91. The van der Waals surface area contributed by atoms with Crippen LogP contribution in [0.25, 0.3) is 10.9 Å². The number of aromatic nitrogens is 5. The fourth-order valence-corrected chi connectivity index (χ4v) is 6.10. The van der Waals surface area contributed by atoms with Gasteiger partial charge in [0.05, 0.1) is 59.4 Å². The fraction of sp³-hybridized carbons (Fsp3) is 0.375. The number of piperidine rings is 1. The molecule has 0 spiro atoms. The predicted molar refractivity (Wildman–Crippen MR) is 208 cm³/mol. The third-order valence-corrected chi connectivity index (χ3v) is 9.70. The van der Waals surface area contributed by atoms with E-state index in [0.29, 0.717) is 41.3 Å². The van der Waals surface area contributed by atoms with Gasteiger partial charge >= 0.3 is 0 Å². The number of nitrogens with one attached hydrogen (secondary N) is 2. The first-order valence-corrected chi connectivity index (χ1v) is 18.1. The highest BCUT2D eigenvalue weighted by atomic mass is 35.5. The molecule has 0 aliphatic carbocycles. The lowest BCUT2D eigenvalue weighted by Crippen LogP contribution is -2.43. The van der Waals surface area contributed by atoms with Crippen molar-refractivity contribution in [2.75, 3.05) is 39.1 Å². The second-order valence-electron chi connectivity index (χ2n) is 14.2. The molecule has 3 heterocycles. The van der Waals surface area contributed by atoms with Gasteiger partial charge in [0.2, 0.25) is 5.91 Å². The number of carbonyl (C=O) groups is 1. The Labute approximate surface area is 325 Å². The first-order valence-electron chi connectivity index (χ1n) is 17.7. The van der Waals surface area contributed by atoms with Crippen LogP contribution in [0.5, 0.6) is 11.5 Å². The summed E-state index contributed by atoms with van der Waals surface area (Å²) in [4.78, 5) is 26.3. The Hall–Kier alpha value is -5.83. The van der Waals surface area contributed by atoms with Gasteiger partial charge in [0.15, 0.2) is 17.3 Å². The minimum Gasteiger partial charge on any atom is -0.493 e. The van der Waals surface area contributed by atoms with Crippen LogP contribution in [0.1, 0.15) is 57.2 Å². The van der Waals surface area contributed by atoms with E-state index in [1.54, 1.807) is 49.4 Å². The van der Waals surface area contributed by atoms with Crippen LogP contribution < -0.4 is 20.1 Å². The molecule has 3 aromatic carbocycles. The summed E-state index contributed by atoms with van der Waals surface area (Å²) in [6, 6.07) is 18.9. The van der Waals surface area contributed by atoms with Crippen molar-refractivity contribution in [1.82, 2.24) is 34.9 Å². The second-order valence-corrected chi connectivity index (χ2v) is 14.6. The van der Waals surface area contributed by atoms with Crippen molar-refractivity contribution in [3.63, 3.8) is 0 Å². The largest absolute Gasteiger partial charge is 0.493 e. The lowest BCUT2D eigenvalue weighted by atomic mass is 9.79. The number of rotatable bonds is 11. The van der Waals surface area contributed by atoms with Gasteiger partial charge in [-0.3, -0.25) is 9.69 Å². The van der Waals surface area contributed by atoms with Gasteiger partial charge in [-0.25, -0.2) is 24.0 Å². The molecule has 2 N–H and O–H groups in total. The summed E-state index contributed by atoms with van der Waals surface area (Å²) in [6.07, 6.45) is 6.07. The first kappa shape index (κ1) is 40.4. The van der Waals surface area contributed by atoms with Crippen LogP contribution in [0.4, 0.5) is 15.9 Å². The molecule has 2 aromatic heterocycles. The van der Waals surface area contributed by atoms with E-state index in [9.17, 15) is 19.7 Å². The number of nitriles is 2. The van der Waals surface area contributed by atoms with Gasteiger partial charge in [0.1, 0.15) is 30.9 Å². The highest BCUT2D eigenvalue weighted by Crippen LogP contribution is 2.37. The summed E-state index contributed by atoms with van der Waals surface area (Å²) < 4.78 is 28.0. The molecule has 13 nitrogen and oxygen atoms in total. The topological polar surface area (TPSA) is 167 Å². The Kier molecular flexibility index (Phi) is 12.9. The Morgan fingerprint density at radius 1 is 1.00 bits per heavy atom. The predicted octanol–water partition coefficient (Wildman–Crippen LogP) is 6.69. The van der Waals surface area contributed by atoms with Crippen LogP contribution in [0.2, 0.25) is 5.02 Å². The summed E-state index contributed by atoms with van der Waals surface area (Å²) in [6.45, 7) is 9.99. The Balaban J connectivity index is 0.000000229. The van der Waals surface area contributed by atoms with Crippen molar-refractivity contribution in [1.29, 1.82) is 10.5 Å². The van der Waals surface area contributed by atoms with E-state index >= 15 is 0 Å². The smallest absolute Gasteiger partial charge is 0.233 e. The molecule has 1 saturated heterocycles. The number of benzene rings is 3. The van der Waals surface area contributed by atoms with Gasteiger partial charge in [0.25, 0.3) is 0 Å². The maximum absolute atomic E-state index is 14.4. The van der Waals surface area contributed by atoms with E-state index in [4.69, 9.17) is 21.1 Å². The zero-order valence-electron chi connectivity index (χ0n) is 31.7. The van der Waals surface area contributed by atoms with Crippen LogP contribution in [-0.2, 0) is 22.2 Å². The van der Waals surface area contributed by atoms with E-state index in [1.165, 1.54) is 18.7 Å². The van der Waals surface area contributed by atoms with Crippen molar-refractivity contribution in [3.05, 3.63) is 95.0 Å². The lowest BCUT2D eigenvalue weighted by molar-refractivity contribution is -0.122. The molecule has 0 radical (unpaired) electrons. The third kappa shape index (κ3) is 10.0. The van der Waals surface area contributed by atoms with E-state index in [2.05, 4.69) is 47.7 Å². The minimum absolute atomic E-state index is 0.00161. The van der Waals surface area contributed by atoms with Gasteiger partial charge in [-0.1, -0.05) is 35.9 Å². The highest BCUT2D eigenvalue weighted by molar-refractivity contribution is 6.31. The van der Waals surface area contributed by atoms with E-state index in [-0.39, 0.29) is 22.7 Å². The minimum atomic E-state index is -0.612. The van der Waals surface area contributed by atoms with Crippen molar-refractivity contribution < 1.29 is 18.7 Å². The average molecular weight is 767 g/mol. The van der Waals surface area contributed by atoms with Crippen LogP contribution in [0, 0.1) is 28.5 Å². The number of methoxy groups -OCH3 is 1. The Bertz CT molecular complexity index is 2160. The molecule has 1 aliphatic heterocycles. The van der Waals surface area contributed by atoms with Crippen LogP contribution in [-0.4, -0.2) is 75.4 Å². The lowest BCUT2D eigenvalue weighted by Gasteiger charge is -2.31. The monoisotopic (exact) mass is 766 g/mol. The molecule has 1 aliphatic rings. The van der Waals surface area contributed by atoms with Gasteiger partial charge < -0.3 is 20.1 Å². The Morgan fingerprint density at radius 2 is 1.69 bits per heavy atom. The number of fused-ring (bicyclic) bond motifs is 1. The van der Waals surface area contributed by atoms with Crippen molar-refractivity contribution >= 4 is 39.9 Å². The zero-order chi connectivity index (χ0) is 39.8. The molecular formula is C40H44ClFN10O3. The number of amides is 1. The van der Waals surface area contributed by atoms with Crippen LogP contribution in [0.3, 0.4) is 0 Å². The maximum Gasteiger partial charge on any atom is 0.233 e. The second kappa shape index (κ2) is 17.5. The number of likely N-dealkylation sites (N-methyl/N-ethyl adjacent to an activating group) is 1. The zero-order valence-corrected chi connectivity index (χ0v) is 32.5. The molecule has 15 heteroatoms. The molecule has 1 fully saturated rings. The average Bonchev–Trinajstić information content (AvgIpc) is 3.70. The molecule has 55 heavy (non-hydrogen) atoms. The SMILES string of the molecule is CC(C)(C#N)c1cc(Cn2cncn2)cc(C(C)(C)C#N)c1.CNC(=O)CN1CCC(Oc2cc3c(Nc4cccc(Cl)c4F)ncnc3cc2OC)CC1. The van der Waals surface area contributed by atoms with Crippen molar-refractivity contribution in [3.8, 4) is 23.6 Å². The molecule has 0 bridgehead atoms. The molecule has 0 unspecified atom stereocenters. The number of halogens is 2. The normalized spacial score (nSPS) is 13.6. The molecule has 5 aromatic rings. The number of hydrogen-bond donors (Lipinski definition) is 2. The van der Waals surface area contributed by atoms with E-state index < -0.39 is 16.6 Å². The number of carbonyl (C=O) groups excluding carboxylic acids is 1. The number of hydrogen-bond acceptors (Lipinski definition) is 11. The van der Waals surface area contributed by atoms with Gasteiger partial charge in [-0.15, -0.1) is 0 Å². The van der Waals surface area contributed by atoms with Crippen molar-refractivity contribution in [2.45, 2.75) is 64.0 Å². The van der Waals surface area contributed by atoms with E-state index in [1.807, 2.05) is 45.9 Å². The highest BCUT2D eigenvalue weighted by Gasteiger charge is 2.27. The molecule has 0 atom stereocenters. The van der Waals surface area contributed by atoms with Gasteiger partial charge in [-0.05, 0) is 75.4 Å². The van der Waals surface area contributed by atoms with Crippen LogP contribution >= 0.6 is 11.6 Å². The number of anilines is 2. The maximum atomic E-state index is 14.4. The standard InChI is InChI=1S/C23H25ClFN5O3.C17H19N5/c1-26-21(31)12-30-8-6-14(7-9-30)33-20-10-15-18(11-19(20)32-2)27-13-28-23(15)29-17-5-3-4-16(24)22(17)25;1-16(2,9-18)14-5-13(8-22-12-20-11-21-22)6-15(7-14)17(3,4)10-19/h3-5,10-11,13-14H,6-9,12H2,1-2H3,(H,26,31)(H,27,28,29);5-7,11-12H,8H2,1-4H3. The van der Waals surface area contributed by atoms with Crippen LogP contribution in [0.15, 0.2) is 67.5 Å². The summed E-state index contributed by atoms with van der Waals surface area (Å²) in [5.41, 5.74) is 2.43. The van der Waals surface area contributed by atoms with Crippen molar-refractivity contribution in [2.24, 2.45) is 0 Å². The van der Waals surface area contributed by atoms with Gasteiger partial charge in [0, 0.05) is 31.6 Å². The summed E-state index contributed by atoms with van der Waals surface area (Å²) in [5.74, 6) is 0.975. The molecule has 286 valence electrons. The molecule has 0 saturated carbocycles. The quantitative estimate of drug-likeness (QED) is 0.147. The fourth-order valence-electron chi connectivity index (χ4n) is 5.93. The molecule has 1 amide bonds. The summed E-state index contributed by atoms with van der Waals surface area (Å²) in [7, 11) is 3.21.